The van der Waals surface area contributed by atoms with Gasteiger partial charge in [0.1, 0.15) is 5.69 Å². The first-order chi connectivity index (χ1) is 12.3. The van der Waals surface area contributed by atoms with Crippen LogP contribution in [0.5, 0.6) is 0 Å². The monoisotopic (exact) mass is 327 g/mol. The van der Waals surface area contributed by atoms with Crippen LogP contribution in [-0.4, -0.2) is 30.1 Å². The Balaban J connectivity index is 1.70. The predicted molar refractivity (Wildman–Crippen MR) is 96.6 cm³/mol. The van der Waals surface area contributed by atoms with Crippen molar-refractivity contribution >= 4 is 27.6 Å². The van der Waals surface area contributed by atoms with Crippen LogP contribution in [0, 0.1) is 0 Å². The molecule has 0 saturated carbocycles. The number of nitrogens with two attached hydrogens (primary N) is 1. The predicted octanol–water partition coefficient (Wildman–Crippen LogP) is 3.15. The minimum atomic E-state index is 0.605. The fourth-order valence-electron chi connectivity index (χ4n) is 2.96. The molecule has 0 bridgehead atoms. The van der Waals surface area contributed by atoms with Gasteiger partial charge in [0.25, 0.3) is 0 Å². The maximum Gasteiger partial charge on any atom is 0.116 e. The van der Waals surface area contributed by atoms with Crippen molar-refractivity contribution in [2.75, 3.05) is 5.73 Å². The molecule has 0 amide bonds. The molecule has 0 fully saturated rings. The van der Waals surface area contributed by atoms with E-state index >= 15 is 0 Å². The Kier molecular flexibility index (Phi) is 2.81. The summed E-state index contributed by atoms with van der Waals surface area (Å²) in [5, 5.41) is 8.45. The molecule has 0 aromatic carbocycles. The summed E-state index contributed by atoms with van der Waals surface area (Å²) >= 11 is 0. The van der Waals surface area contributed by atoms with Crippen molar-refractivity contribution in [1.29, 1.82) is 0 Å². The summed E-state index contributed by atoms with van der Waals surface area (Å²) in [5.74, 6) is 0. The van der Waals surface area contributed by atoms with Gasteiger partial charge in [-0.15, -0.1) is 0 Å². The molecule has 120 valence electrons. The normalized spacial score (nSPS) is 11.4. The minimum Gasteiger partial charge on any atom is -0.397 e. The second-order valence-electron chi connectivity index (χ2n) is 5.81. The lowest BCUT2D eigenvalue weighted by Gasteiger charge is -2.02. The molecule has 0 radical (unpaired) electrons. The third kappa shape index (κ3) is 2.21. The van der Waals surface area contributed by atoms with Gasteiger partial charge in [-0.05, 0) is 30.3 Å². The van der Waals surface area contributed by atoms with E-state index in [2.05, 4.69) is 30.1 Å². The first kappa shape index (κ1) is 13.7. The SMILES string of the molecule is Nc1cncc(-c2cc3c(-c4cc5ncccc5[nH]4)n[nH]c3cn2)c1. The van der Waals surface area contributed by atoms with Crippen LogP contribution in [0.2, 0.25) is 0 Å². The zero-order valence-corrected chi connectivity index (χ0v) is 13.1. The van der Waals surface area contributed by atoms with Gasteiger partial charge in [0.2, 0.25) is 0 Å². The summed E-state index contributed by atoms with van der Waals surface area (Å²) in [6, 6.07) is 9.73. The van der Waals surface area contributed by atoms with Gasteiger partial charge in [0.05, 0.1) is 39.8 Å². The van der Waals surface area contributed by atoms with Gasteiger partial charge in [-0.1, -0.05) is 0 Å². The molecule has 0 unspecified atom stereocenters. The van der Waals surface area contributed by atoms with Gasteiger partial charge < -0.3 is 10.7 Å². The van der Waals surface area contributed by atoms with Crippen molar-refractivity contribution in [2.24, 2.45) is 0 Å². The number of pyridine rings is 3. The molecule has 7 heteroatoms. The molecule has 7 nitrogen and oxygen atoms in total. The van der Waals surface area contributed by atoms with Crippen molar-refractivity contribution in [1.82, 2.24) is 30.1 Å². The lowest BCUT2D eigenvalue weighted by Crippen LogP contribution is -1.89. The first-order valence-corrected chi connectivity index (χ1v) is 7.77. The number of rotatable bonds is 2. The Morgan fingerprint density at radius 2 is 1.92 bits per heavy atom. The zero-order valence-electron chi connectivity index (χ0n) is 13.1. The quantitative estimate of drug-likeness (QED) is 0.461. The lowest BCUT2D eigenvalue weighted by molar-refractivity contribution is 1.11. The summed E-state index contributed by atoms with van der Waals surface area (Å²) in [4.78, 5) is 16.3. The average Bonchev–Trinajstić information content (AvgIpc) is 3.24. The lowest BCUT2D eigenvalue weighted by atomic mass is 10.1. The summed E-state index contributed by atoms with van der Waals surface area (Å²) < 4.78 is 0. The van der Waals surface area contributed by atoms with Gasteiger partial charge >= 0.3 is 0 Å². The van der Waals surface area contributed by atoms with E-state index in [1.807, 2.05) is 30.3 Å². The van der Waals surface area contributed by atoms with E-state index in [0.717, 1.165) is 44.6 Å². The molecular weight excluding hydrogens is 314 g/mol. The Bertz CT molecular complexity index is 1190. The highest BCUT2D eigenvalue weighted by molar-refractivity contribution is 5.96. The number of aromatic amines is 2. The molecule has 0 aliphatic carbocycles. The Morgan fingerprint density at radius 1 is 0.960 bits per heavy atom. The molecule has 5 heterocycles. The van der Waals surface area contributed by atoms with E-state index in [9.17, 15) is 0 Å². The average molecular weight is 327 g/mol. The van der Waals surface area contributed by atoms with Crippen LogP contribution in [0.25, 0.3) is 44.6 Å². The highest BCUT2D eigenvalue weighted by Crippen LogP contribution is 2.30. The number of anilines is 1. The van der Waals surface area contributed by atoms with E-state index in [-0.39, 0.29) is 0 Å². The number of nitrogens with one attached hydrogen (secondary N) is 2. The Labute approximate surface area is 142 Å². The van der Waals surface area contributed by atoms with Crippen molar-refractivity contribution in [3.63, 3.8) is 0 Å². The number of fused-ring (bicyclic) bond motifs is 2. The molecule has 5 aromatic heterocycles. The van der Waals surface area contributed by atoms with Crippen LogP contribution in [-0.2, 0) is 0 Å². The molecule has 0 atom stereocenters. The Hall–Kier alpha value is -3.74. The molecule has 0 spiro atoms. The van der Waals surface area contributed by atoms with Gasteiger partial charge in [0, 0.05) is 29.5 Å². The summed E-state index contributed by atoms with van der Waals surface area (Å²) in [6.45, 7) is 0. The Morgan fingerprint density at radius 3 is 2.80 bits per heavy atom. The number of nitrogens with zero attached hydrogens (tertiary/aromatic N) is 4. The summed E-state index contributed by atoms with van der Waals surface area (Å²) in [5.41, 5.74) is 12.6. The van der Waals surface area contributed by atoms with E-state index in [1.54, 1.807) is 24.8 Å². The molecule has 5 rings (SSSR count). The third-order valence-electron chi connectivity index (χ3n) is 4.15. The fourth-order valence-corrected chi connectivity index (χ4v) is 2.96. The van der Waals surface area contributed by atoms with Crippen LogP contribution in [0.15, 0.2) is 55.1 Å². The standard InChI is InChI=1S/C18H13N7/c19-11-4-10(7-20-8-11)14-5-12-17(9-22-14)24-25-18(12)16-6-15-13(23-16)2-1-3-21-15/h1-9,23H,19H2,(H,24,25). The molecule has 25 heavy (non-hydrogen) atoms. The maximum absolute atomic E-state index is 5.83. The van der Waals surface area contributed by atoms with Crippen LogP contribution in [0.4, 0.5) is 5.69 Å². The third-order valence-corrected chi connectivity index (χ3v) is 4.15. The number of nitrogen functional groups attached to an aromatic ring is 1. The van der Waals surface area contributed by atoms with Crippen molar-refractivity contribution < 1.29 is 0 Å². The number of aromatic nitrogens is 6. The second-order valence-corrected chi connectivity index (χ2v) is 5.81. The van der Waals surface area contributed by atoms with E-state index < -0.39 is 0 Å². The molecular formula is C18H13N7. The maximum atomic E-state index is 5.83. The smallest absolute Gasteiger partial charge is 0.116 e. The topological polar surface area (TPSA) is 109 Å². The highest BCUT2D eigenvalue weighted by Gasteiger charge is 2.13. The molecule has 5 aromatic rings. The van der Waals surface area contributed by atoms with E-state index in [4.69, 9.17) is 5.73 Å². The summed E-state index contributed by atoms with van der Waals surface area (Å²) in [7, 11) is 0. The van der Waals surface area contributed by atoms with E-state index in [1.165, 1.54) is 0 Å². The van der Waals surface area contributed by atoms with Crippen molar-refractivity contribution in [3.05, 3.63) is 55.1 Å². The van der Waals surface area contributed by atoms with Gasteiger partial charge in [-0.25, -0.2) is 0 Å². The van der Waals surface area contributed by atoms with Crippen LogP contribution < -0.4 is 5.73 Å². The molecule has 4 N–H and O–H groups in total. The van der Waals surface area contributed by atoms with Crippen molar-refractivity contribution in [3.8, 4) is 22.6 Å². The largest absolute Gasteiger partial charge is 0.397 e. The highest BCUT2D eigenvalue weighted by atomic mass is 15.1. The van der Waals surface area contributed by atoms with Crippen LogP contribution in [0.1, 0.15) is 0 Å². The fraction of sp³-hybridized carbons (Fsp3) is 0. The van der Waals surface area contributed by atoms with E-state index in [0.29, 0.717) is 5.69 Å². The molecule has 0 saturated heterocycles. The van der Waals surface area contributed by atoms with Gasteiger partial charge in [-0.2, -0.15) is 5.10 Å². The molecule has 0 aliphatic rings. The first-order valence-electron chi connectivity index (χ1n) is 7.77. The summed E-state index contributed by atoms with van der Waals surface area (Å²) in [6.07, 6.45) is 6.91. The van der Waals surface area contributed by atoms with Crippen LogP contribution in [0.3, 0.4) is 0 Å². The van der Waals surface area contributed by atoms with Gasteiger partial charge in [0.15, 0.2) is 0 Å². The van der Waals surface area contributed by atoms with Crippen LogP contribution >= 0.6 is 0 Å². The number of hydrogen-bond acceptors (Lipinski definition) is 5. The van der Waals surface area contributed by atoms with Crippen molar-refractivity contribution in [2.45, 2.75) is 0 Å². The minimum absolute atomic E-state index is 0.605. The number of H-pyrrole nitrogens is 2. The molecule has 0 aliphatic heterocycles. The second kappa shape index (κ2) is 5.13. The van der Waals surface area contributed by atoms with Gasteiger partial charge in [-0.3, -0.25) is 20.1 Å². The zero-order chi connectivity index (χ0) is 16.8. The number of hydrogen-bond donors (Lipinski definition) is 3.